The number of nitrogens with zero attached hydrogens (tertiary/aromatic N) is 1. The van der Waals surface area contributed by atoms with Gasteiger partial charge in [0.25, 0.3) is 5.91 Å². The lowest BCUT2D eigenvalue weighted by atomic mass is 9.68. The number of carbonyl (C=O) groups excluding carboxylic acids is 3. The van der Waals surface area contributed by atoms with Crippen LogP contribution in [0.15, 0.2) is 52.3 Å². The molecule has 3 amide bonds. The van der Waals surface area contributed by atoms with E-state index in [-0.39, 0.29) is 76.6 Å². The van der Waals surface area contributed by atoms with Crippen LogP contribution in [-0.2, 0) is 25.4 Å². The molecule has 3 N–H and O–H groups in total. The highest BCUT2D eigenvalue weighted by molar-refractivity contribution is 8.00. The first-order chi connectivity index (χ1) is 24.8. The van der Waals surface area contributed by atoms with E-state index in [1.54, 1.807) is 24.8 Å². The fourth-order valence-electron chi connectivity index (χ4n) is 8.61. The van der Waals surface area contributed by atoms with Crippen LogP contribution in [0.1, 0.15) is 60.9 Å². The Hall–Kier alpha value is -4.31. The van der Waals surface area contributed by atoms with Crippen molar-refractivity contribution in [3.05, 3.63) is 68.1 Å². The van der Waals surface area contributed by atoms with Crippen molar-refractivity contribution in [1.82, 2.24) is 9.88 Å². The Morgan fingerprint density at radius 3 is 2.50 bits per heavy atom. The van der Waals surface area contributed by atoms with Crippen LogP contribution in [0.4, 0.5) is 18.9 Å². The van der Waals surface area contributed by atoms with Gasteiger partial charge in [0.05, 0.1) is 29.0 Å². The highest BCUT2D eigenvalue weighted by Gasteiger charge is 2.69. The number of amides is 3. The number of thiazole rings is 1. The fraction of sp³-hybridized carbons (Fsp3) is 0.472. The zero-order chi connectivity index (χ0) is 36.9. The van der Waals surface area contributed by atoms with Crippen LogP contribution in [0, 0.1) is 29.6 Å². The van der Waals surface area contributed by atoms with Crippen LogP contribution >= 0.6 is 23.1 Å². The minimum absolute atomic E-state index is 0.0210. The summed E-state index contributed by atoms with van der Waals surface area (Å²) >= 11 is 2.70. The first-order valence-electron chi connectivity index (χ1n) is 17.2. The van der Waals surface area contributed by atoms with Crippen LogP contribution in [0.25, 0.3) is 0 Å². The Labute approximate surface area is 304 Å². The number of hydrogen-bond acceptors (Lipinski definition) is 9. The maximum atomic E-state index is 13.8. The molecule has 1 saturated heterocycles. The number of nitrogens with one attached hydrogen (secondary N) is 2. The molecule has 1 aromatic heterocycles. The number of likely N-dealkylation sites (tertiary alicyclic amines) is 1. The molecule has 0 radical (unpaired) electrons. The lowest BCUT2D eigenvalue weighted by Crippen LogP contribution is -2.42. The van der Waals surface area contributed by atoms with Gasteiger partial charge in [-0.05, 0) is 79.8 Å². The number of rotatable bonds is 13. The van der Waals surface area contributed by atoms with Crippen molar-refractivity contribution < 1.29 is 46.9 Å². The molecule has 3 heterocycles. The monoisotopic (exact) mass is 759 g/mol. The molecule has 4 aliphatic rings. The van der Waals surface area contributed by atoms with E-state index < -0.39 is 42.1 Å². The Morgan fingerprint density at radius 2 is 1.77 bits per heavy atom. The molecule has 3 aromatic rings. The van der Waals surface area contributed by atoms with Gasteiger partial charge < -0.3 is 24.9 Å². The average Bonchev–Trinajstić information content (AvgIpc) is 3.83. The molecule has 2 bridgehead atoms. The number of carboxylic acids is 1. The summed E-state index contributed by atoms with van der Waals surface area (Å²) in [6, 6.07) is 9.61. The third-order valence-corrected chi connectivity index (χ3v) is 13.1. The number of aliphatic carboxylic acids is 1. The SMILES string of the molecule is CCOc1cc([C@H]2c3sc(=O)[nH]c3SC3C4CC(C5C(=O)N(CCCCCC(=O)O)C(=O)C45)C32)ccc1OCC(=O)Nc1cccc(C(F)(F)F)c1. The lowest BCUT2D eigenvalue weighted by molar-refractivity contribution is -0.141. The molecular weight excluding hydrogens is 724 g/mol. The summed E-state index contributed by atoms with van der Waals surface area (Å²) in [7, 11) is 0. The zero-order valence-electron chi connectivity index (χ0n) is 27.9. The van der Waals surface area contributed by atoms with Gasteiger partial charge in [-0.2, -0.15) is 13.2 Å². The minimum Gasteiger partial charge on any atom is -0.490 e. The highest BCUT2D eigenvalue weighted by Crippen LogP contribution is 2.68. The van der Waals surface area contributed by atoms with E-state index in [9.17, 15) is 37.1 Å². The normalized spacial score (nSPS) is 25.8. The Kier molecular flexibility index (Phi) is 9.89. The van der Waals surface area contributed by atoms with Crippen LogP contribution in [0.3, 0.4) is 0 Å². The number of alkyl halides is 3. The molecule has 7 atom stereocenters. The third-order valence-electron chi connectivity index (χ3n) is 10.5. The van der Waals surface area contributed by atoms with Crippen LogP contribution in [0.2, 0.25) is 0 Å². The predicted octanol–water partition coefficient (Wildman–Crippen LogP) is 5.99. The second kappa shape index (κ2) is 14.3. The molecule has 16 heteroatoms. The van der Waals surface area contributed by atoms with E-state index in [2.05, 4.69) is 10.3 Å². The van der Waals surface area contributed by atoms with Crippen molar-refractivity contribution in [3.8, 4) is 11.5 Å². The Bertz CT molecular complexity index is 1960. The number of carboxylic acid groups (broad SMARTS) is 1. The topological polar surface area (TPSA) is 155 Å². The maximum absolute atomic E-state index is 13.8. The van der Waals surface area contributed by atoms with E-state index in [1.165, 1.54) is 17.0 Å². The fourth-order valence-corrected chi connectivity index (χ4v) is 11.5. The van der Waals surface area contributed by atoms with Gasteiger partial charge in [0, 0.05) is 34.7 Å². The zero-order valence-corrected chi connectivity index (χ0v) is 29.6. The third kappa shape index (κ3) is 6.70. The molecule has 2 aromatic carbocycles. The molecule has 0 spiro atoms. The van der Waals surface area contributed by atoms with Crippen molar-refractivity contribution in [2.24, 2.45) is 29.6 Å². The number of ether oxygens (including phenoxy) is 2. The van der Waals surface area contributed by atoms with Gasteiger partial charge in [-0.15, -0.1) is 11.8 Å². The highest BCUT2D eigenvalue weighted by atomic mass is 32.2. The number of halogens is 3. The van der Waals surface area contributed by atoms with Crippen LogP contribution < -0.4 is 19.7 Å². The number of thioether (sulfide) groups is 1. The standard InChI is InChI=1S/C36H36F3N3O8S2/c1-2-49-23-13-17(10-11-22(23)50-16-24(43)40-19-8-6-7-18(14-19)36(37,38)39)26-27-20-15-21(30(27)51-32-31(26)52-35(48)41-32)29-28(20)33(46)42(34(29)47)12-5-3-4-9-25(44)45/h6-8,10-11,13-14,20-21,26-30H,2-5,9,12,15-16H2,1H3,(H,40,43)(H,41,48)(H,44,45)/t20?,21?,26-,27?,28?,29?,30?/m1/s1. The molecule has 2 aliphatic carbocycles. The largest absolute Gasteiger partial charge is 0.490 e. The van der Waals surface area contributed by atoms with E-state index in [0.717, 1.165) is 45.4 Å². The van der Waals surface area contributed by atoms with Crippen molar-refractivity contribution >= 4 is 52.5 Å². The Balaban J connectivity index is 1.11. The van der Waals surface area contributed by atoms with Crippen LogP contribution in [-0.4, -0.2) is 63.7 Å². The smallest absolute Gasteiger partial charge is 0.416 e. The Morgan fingerprint density at radius 1 is 1.00 bits per heavy atom. The van der Waals surface area contributed by atoms with Gasteiger partial charge in [-0.1, -0.05) is 29.9 Å². The van der Waals surface area contributed by atoms with Gasteiger partial charge in [-0.25, -0.2) is 0 Å². The summed E-state index contributed by atoms with van der Waals surface area (Å²) in [6.45, 7) is 1.83. The maximum Gasteiger partial charge on any atom is 0.416 e. The van der Waals surface area contributed by atoms with E-state index in [0.29, 0.717) is 25.0 Å². The van der Waals surface area contributed by atoms with Crippen molar-refractivity contribution in [2.45, 2.75) is 61.4 Å². The summed E-state index contributed by atoms with van der Waals surface area (Å²) in [4.78, 5) is 68.8. The second-order valence-electron chi connectivity index (χ2n) is 13.5. The molecule has 3 fully saturated rings. The molecule has 7 rings (SSSR count). The molecule has 2 saturated carbocycles. The molecule has 6 unspecified atom stereocenters. The van der Waals surface area contributed by atoms with E-state index in [1.807, 2.05) is 12.1 Å². The molecule has 11 nitrogen and oxygen atoms in total. The number of H-pyrrole nitrogens is 1. The lowest BCUT2D eigenvalue weighted by Gasteiger charge is -2.43. The minimum atomic E-state index is -4.56. The van der Waals surface area contributed by atoms with Gasteiger partial charge in [-0.3, -0.25) is 28.9 Å². The van der Waals surface area contributed by atoms with Crippen LogP contribution in [0.5, 0.6) is 11.5 Å². The van der Waals surface area contributed by atoms with Gasteiger partial charge in [0.1, 0.15) is 0 Å². The van der Waals surface area contributed by atoms with Crippen molar-refractivity contribution in [1.29, 1.82) is 0 Å². The number of imide groups is 1. The molecular formula is C36H36F3N3O8S2. The number of unbranched alkanes of at least 4 members (excludes halogenated alkanes) is 2. The summed E-state index contributed by atoms with van der Waals surface area (Å²) in [5.74, 6) is -2.64. The summed E-state index contributed by atoms with van der Waals surface area (Å²) < 4.78 is 51.1. The van der Waals surface area contributed by atoms with Gasteiger partial charge >= 0.3 is 17.0 Å². The predicted molar refractivity (Wildman–Crippen MR) is 184 cm³/mol. The number of carbonyl (C=O) groups is 4. The second-order valence-corrected chi connectivity index (χ2v) is 15.8. The van der Waals surface area contributed by atoms with Crippen molar-refractivity contribution in [2.75, 3.05) is 25.1 Å². The number of anilines is 1. The number of hydrogen-bond donors (Lipinski definition) is 3. The molecule has 52 heavy (non-hydrogen) atoms. The van der Waals surface area contributed by atoms with E-state index >= 15 is 0 Å². The summed E-state index contributed by atoms with van der Waals surface area (Å²) in [5.41, 5.74) is -0.0898. The van der Waals surface area contributed by atoms with E-state index in [4.69, 9.17) is 14.6 Å². The summed E-state index contributed by atoms with van der Waals surface area (Å²) in [5, 5.41) is 12.1. The summed E-state index contributed by atoms with van der Waals surface area (Å²) in [6.07, 6.45) is -2.17. The number of fused-ring (bicyclic) bond motifs is 9. The quantitative estimate of drug-likeness (QED) is 0.141. The first kappa shape index (κ1) is 36.1. The number of aromatic amines is 1. The van der Waals surface area contributed by atoms with Gasteiger partial charge in [0.15, 0.2) is 18.1 Å². The van der Waals surface area contributed by atoms with Crippen molar-refractivity contribution in [3.63, 3.8) is 0 Å². The molecule has 276 valence electrons. The van der Waals surface area contributed by atoms with Gasteiger partial charge in [0.2, 0.25) is 11.8 Å². The molecule has 2 aliphatic heterocycles. The first-order valence-corrected chi connectivity index (χ1v) is 18.9. The number of aromatic nitrogens is 1. The number of benzene rings is 2. The average molecular weight is 760 g/mol.